The Morgan fingerprint density at radius 3 is 2.36 bits per heavy atom. The summed E-state index contributed by atoms with van der Waals surface area (Å²) in [6.45, 7) is 7.36. The number of hydrogen-bond acceptors (Lipinski definition) is 2. The maximum Gasteiger partial charge on any atom is 0.176 e. The van der Waals surface area contributed by atoms with Crippen molar-refractivity contribution in [1.29, 1.82) is 0 Å². The second kappa shape index (κ2) is 3.78. The first-order valence-electron chi connectivity index (χ1n) is 4.67. The van der Waals surface area contributed by atoms with Crippen molar-refractivity contribution in [1.82, 2.24) is 4.57 Å². The Labute approximate surface area is 83.7 Å². The first kappa shape index (κ1) is 10.7. The molecule has 0 aromatic carbocycles. The monoisotopic (exact) mass is 193 g/mol. The summed E-state index contributed by atoms with van der Waals surface area (Å²) >= 11 is 0. The molecule has 1 aromatic heterocycles. The normalized spacial score (nSPS) is 10.6. The molecular formula is C11H15NO2. The van der Waals surface area contributed by atoms with E-state index in [0.717, 1.165) is 12.0 Å². The molecule has 0 aliphatic rings. The molecule has 0 amide bonds. The molecule has 0 bridgehead atoms. The first-order valence-corrected chi connectivity index (χ1v) is 4.67. The number of aromatic nitrogens is 1. The third-order valence-electron chi connectivity index (χ3n) is 2.33. The van der Waals surface area contributed by atoms with Gasteiger partial charge in [-0.2, -0.15) is 0 Å². The van der Waals surface area contributed by atoms with Gasteiger partial charge in [0.2, 0.25) is 0 Å². The second-order valence-corrected chi connectivity index (χ2v) is 3.71. The molecule has 14 heavy (non-hydrogen) atoms. The summed E-state index contributed by atoms with van der Waals surface area (Å²) < 4.78 is 1.89. The fourth-order valence-electron chi connectivity index (χ4n) is 1.70. The Balaban J connectivity index is 3.42. The molecule has 0 unspecified atom stereocenters. The summed E-state index contributed by atoms with van der Waals surface area (Å²) in [6.07, 6.45) is 0.792. The predicted octanol–water partition coefficient (Wildman–Crippen LogP) is 2.39. The molecule has 0 saturated heterocycles. The minimum absolute atomic E-state index is 0.00472. The van der Waals surface area contributed by atoms with Crippen LogP contribution >= 0.6 is 0 Å². The number of hydrogen-bond donors (Lipinski definition) is 0. The van der Waals surface area contributed by atoms with E-state index in [1.165, 1.54) is 6.92 Å². The lowest BCUT2D eigenvalue weighted by Crippen LogP contribution is -2.10. The maximum atomic E-state index is 11.3. The molecule has 0 fully saturated rings. The largest absolute Gasteiger partial charge is 0.339 e. The molecule has 1 aromatic rings. The van der Waals surface area contributed by atoms with Gasteiger partial charge in [0.05, 0.1) is 5.69 Å². The van der Waals surface area contributed by atoms with Crippen LogP contribution in [0.15, 0.2) is 6.07 Å². The van der Waals surface area contributed by atoms with Crippen molar-refractivity contribution in [2.75, 3.05) is 0 Å². The Bertz CT molecular complexity index is 375. The molecular weight excluding hydrogens is 178 g/mol. The SMILES string of the molecule is CC(=O)c1cc(C=O)c(C)n1C(C)C. The summed E-state index contributed by atoms with van der Waals surface area (Å²) in [5.74, 6) is -0.00472. The van der Waals surface area contributed by atoms with Gasteiger partial charge in [-0.3, -0.25) is 9.59 Å². The fraction of sp³-hybridized carbons (Fsp3) is 0.455. The lowest BCUT2D eigenvalue weighted by molar-refractivity contribution is 0.100. The number of nitrogens with zero attached hydrogens (tertiary/aromatic N) is 1. The molecule has 0 N–H and O–H groups in total. The highest BCUT2D eigenvalue weighted by molar-refractivity contribution is 5.95. The number of ketones is 1. The van der Waals surface area contributed by atoms with Crippen LogP contribution in [0.2, 0.25) is 0 Å². The van der Waals surface area contributed by atoms with Crippen molar-refractivity contribution < 1.29 is 9.59 Å². The van der Waals surface area contributed by atoms with E-state index in [9.17, 15) is 9.59 Å². The highest BCUT2D eigenvalue weighted by Gasteiger charge is 2.15. The number of Topliss-reactive ketones (excluding diaryl/α,β-unsaturated/α-hetero) is 1. The summed E-state index contributed by atoms with van der Waals surface area (Å²) in [4.78, 5) is 22.0. The standard InChI is InChI=1S/C11H15NO2/c1-7(2)12-8(3)10(6-13)5-11(12)9(4)14/h5-7H,1-4H3. The zero-order chi connectivity index (χ0) is 10.9. The highest BCUT2D eigenvalue weighted by Crippen LogP contribution is 2.19. The van der Waals surface area contributed by atoms with Crippen molar-refractivity contribution in [2.45, 2.75) is 33.7 Å². The van der Waals surface area contributed by atoms with Gasteiger partial charge in [-0.15, -0.1) is 0 Å². The molecule has 0 aliphatic heterocycles. The van der Waals surface area contributed by atoms with Gasteiger partial charge in [0.15, 0.2) is 12.1 Å². The molecule has 3 heteroatoms. The van der Waals surface area contributed by atoms with Crippen LogP contribution in [0.5, 0.6) is 0 Å². The van der Waals surface area contributed by atoms with E-state index >= 15 is 0 Å². The average molecular weight is 193 g/mol. The van der Waals surface area contributed by atoms with Crippen LogP contribution in [0.1, 0.15) is 53.4 Å². The van der Waals surface area contributed by atoms with Gasteiger partial charge < -0.3 is 4.57 Å². The van der Waals surface area contributed by atoms with Gasteiger partial charge in [0, 0.05) is 24.2 Å². The van der Waals surface area contributed by atoms with Gasteiger partial charge in [0.1, 0.15) is 0 Å². The molecule has 0 atom stereocenters. The topological polar surface area (TPSA) is 39.1 Å². The molecule has 3 nitrogen and oxygen atoms in total. The number of rotatable bonds is 3. The van der Waals surface area contributed by atoms with Crippen LogP contribution in [-0.2, 0) is 0 Å². The summed E-state index contributed by atoms with van der Waals surface area (Å²) in [5.41, 5.74) is 2.07. The third kappa shape index (κ3) is 1.62. The zero-order valence-corrected chi connectivity index (χ0v) is 9.00. The van der Waals surface area contributed by atoms with E-state index in [1.54, 1.807) is 6.07 Å². The number of aldehydes is 1. The molecule has 76 valence electrons. The third-order valence-corrected chi connectivity index (χ3v) is 2.33. The molecule has 1 heterocycles. The lowest BCUT2D eigenvalue weighted by atomic mass is 10.2. The van der Waals surface area contributed by atoms with Gasteiger partial charge in [-0.25, -0.2) is 0 Å². The van der Waals surface area contributed by atoms with E-state index in [0.29, 0.717) is 11.3 Å². The first-order chi connectivity index (χ1) is 6.49. The Morgan fingerprint density at radius 1 is 1.50 bits per heavy atom. The lowest BCUT2D eigenvalue weighted by Gasteiger charge is -2.13. The molecule has 1 rings (SSSR count). The Morgan fingerprint density at radius 2 is 2.07 bits per heavy atom. The number of carbonyl (C=O) groups excluding carboxylic acids is 2. The molecule has 0 aliphatic carbocycles. The van der Waals surface area contributed by atoms with E-state index in [4.69, 9.17) is 0 Å². The van der Waals surface area contributed by atoms with Crippen LogP contribution in [0.25, 0.3) is 0 Å². The van der Waals surface area contributed by atoms with Gasteiger partial charge >= 0.3 is 0 Å². The average Bonchev–Trinajstić information content (AvgIpc) is 2.42. The summed E-state index contributed by atoms with van der Waals surface area (Å²) in [7, 11) is 0. The van der Waals surface area contributed by atoms with Crippen LogP contribution in [0, 0.1) is 6.92 Å². The van der Waals surface area contributed by atoms with Crippen molar-refractivity contribution in [3.8, 4) is 0 Å². The second-order valence-electron chi connectivity index (χ2n) is 3.71. The minimum atomic E-state index is -0.00472. The van der Waals surface area contributed by atoms with E-state index < -0.39 is 0 Å². The van der Waals surface area contributed by atoms with Gasteiger partial charge in [0.25, 0.3) is 0 Å². The molecule has 0 saturated carbocycles. The van der Waals surface area contributed by atoms with Crippen LogP contribution in [-0.4, -0.2) is 16.6 Å². The maximum absolute atomic E-state index is 11.3. The van der Waals surface area contributed by atoms with Gasteiger partial charge in [-0.1, -0.05) is 0 Å². The van der Waals surface area contributed by atoms with Crippen molar-refractivity contribution in [3.05, 3.63) is 23.0 Å². The smallest absolute Gasteiger partial charge is 0.176 e. The van der Waals surface area contributed by atoms with Crippen LogP contribution < -0.4 is 0 Å². The van der Waals surface area contributed by atoms with Crippen molar-refractivity contribution in [2.24, 2.45) is 0 Å². The van der Waals surface area contributed by atoms with E-state index in [1.807, 2.05) is 25.3 Å². The zero-order valence-electron chi connectivity index (χ0n) is 9.00. The highest BCUT2D eigenvalue weighted by atomic mass is 16.1. The van der Waals surface area contributed by atoms with Crippen molar-refractivity contribution in [3.63, 3.8) is 0 Å². The fourth-order valence-corrected chi connectivity index (χ4v) is 1.70. The Kier molecular flexibility index (Phi) is 2.89. The molecule has 0 radical (unpaired) electrons. The summed E-state index contributed by atoms with van der Waals surface area (Å²) in [6, 6.07) is 1.85. The molecule has 0 spiro atoms. The minimum Gasteiger partial charge on any atom is -0.339 e. The van der Waals surface area contributed by atoms with Crippen LogP contribution in [0.4, 0.5) is 0 Å². The Hall–Kier alpha value is -1.38. The van der Waals surface area contributed by atoms with E-state index in [-0.39, 0.29) is 11.8 Å². The van der Waals surface area contributed by atoms with Gasteiger partial charge in [-0.05, 0) is 26.8 Å². The van der Waals surface area contributed by atoms with Crippen LogP contribution in [0.3, 0.4) is 0 Å². The quantitative estimate of drug-likeness (QED) is 0.546. The predicted molar refractivity (Wildman–Crippen MR) is 54.9 cm³/mol. The number of carbonyl (C=O) groups is 2. The van der Waals surface area contributed by atoms with E-state index in [2.05, 4.69) is 0 Å². The summed E-state index contributed by atoms with van der Waals surface area (Å²) in [5, 5.41) is 0. The van der Waals surface area contributed by atoms with Crippen molar-refractivity contribution >= 4 is 12.1 Å².